The molecule has 1 saturated carbocycles. The van der Waals surface area contributed by atoms with E-state index in [0.717, 1.165) is 31.4 Å². The van der Waals surface area contributed by atoms with Crippen LogP contribution >= 0.6 is 23.6 Å². The topological polar surface area (TPSA) is 31.2 Å². The molecule has 0 spiro atoms. The van der Waals surface area contributed by atoms with Crippen LogP contribution in [0.15, 0.2) is 5.38 Å². The van der Waals surface area contributed by atoms with Gasteiger partial charge in [0.2, 0.25) is 0 Å². The van der Waals surface area contributed by atoms with Crippen LogP contribution in [0.5, 0.6) is 0 Å². The smallest absolute Gasteiger partial charge is 0.334 e. The zero-order valence-corrected chi connectivity index (χ0v) is 10.9. The summed E-state index contributed by atoms with van der Waals surface area (Å²) in [6, 6.07) is 0. The van der Waals surface area contributed by atoms with Crippen molar-refractivity contribution in [3.05, 3.63) is 15.0 Å². The Morgan fingerprint density at radius 3 is 2.75 bits per heavy atom. The molecule has 1 heterocycles. The second-order valence-electron chi connectivity index (χ2n) is 4.18. The second-order valence-corrected chi connectivity index (χ2v) is 5.69. The number of hydrogen-bond acceptors (Lipinski definition) is 4. The highest BCUT2D eigenvalue weighted by Gasteiger charge is 2.23. The van der Waals surface area contributed by atoms with Crippen molar-refractivity contribution >= 4 is 29.5 Å². The van der Waals surface area contributed by atoms with E-state index in [0.29, 0.717) is 3.95 Å². The van der Waals surface area contributed by atoms with E-state index in [1.165, 1.54) is 22.5 Å². The first kappa shape index (κ1) is 11.8. The predicted molar refractivity (Wildman–Crippen MR) is 66.0 cm³/mol. The van der Waals surface area contributed by atoms with Gasteiger partial charge in [-0.1, -0.05) is 19.3 Å². The molecule has 1 aliphatic rings. The fourth-order valence-electron chi connectivity index (χ4n) is 1.99. The Morgan fingerprint density at radius 1 is 1.50 bits per heavy atom. The third-order valence-electron chi connectivity index (χ3n) is 2.94. The van der Waals surface area contributed by atoms with E-state index >= 15 is 0 Å². The van der Waals surface area contributed by atoms with Crippen molar-refractivity contribution in [2.75, 3.05) is 0 Å². The molecule has 0 atom stereocenters. The van der Waals surface area contributed by atoms with Crippen LogP contribution in [0.1, 0.15) is 37.8 Å². The summed E-state index contributed by atoms with van der Waals surface area (Å²) in [5.41, 5.74) is 0.888. The van der Waals surface area contributed by atoms with E-state index in [9.17, 15) is 4.79 Å². The summed E-state index contributed by atoms with van der Waals surface area (Å²) in [4.78, 5) is 17.2. The lowest BCUT2D eigenvalue weighted by Crippen LogP contribution is -2.29. The minimum atomic E-state index is -0.127. The average Bonchev–Trinajstić information content (AvgIpc) is 2.62. The zero-order chi connectivity index (χ0) is 11.5. The van der Waals surface area contributed by atoms with Crippen molar-refractivity contribution in [3.63, 3.8) is 0 Å². The molecule has 0 amide bonds. The van der Waals surface area contributed by atoms with E-state index in [1.54, 1.807) is 0 Å². The Balaban J connectivity index is 2.04. The van der Waals surface area contributed by atoms with Crippen molar-refractivity contribution in [2.24, 2.45) is 5.92 Å². The second kappa shape index (κ2) is 5.10. The largest absolute Gasteiger partial charge is 0.336 e. The molecule has 0 N–H and O–H groups in total. The standard InChI is InChI=1S/C11H15NO2S2/c1-8-7-16-11(15)12(8)14-10(13)9-5-3-2-4-6-9/h7,9H,2-6H2,1H3. The summed E-state index contributed by atoms with van der Waals surface area (Å²) in [5.74, 6) is -0.0627. The maximum Gasteiger partial charge on any atom is 0.336 e. The van der Waals surface area contributed by atoms with Gasteiger partial charge in [0.15, 0.2) is 3.95 Å². The van der Waals surface area contributed by atoms with Crippen LogP contribution < -0.4 is 4.84 Å². The highest BCUT2D eigenvalue weighted by atomic mass is 32.1. The lowest BCUT2D eigenvalue weighted by molar-refractivity contribution is -0.150. The SMILES string of the molecule is Cc1csc(=S)n1OC(=O)C1CCCCC1. The lowest BCUT2D eigenvalue weighted by Gasteiger charge is -2.19. The summed E-state index contributed by atoms with van der Waals surface area (Å²) in [5, 5.41) is 1.90. The van der Waals surface area contributed by atoms with Crippen molar-refractivity contribution < 1.29 is 9.63 Å². The molecule has 88 valence electrons. The number of thiazole rings is 1. The molecular weight excluding hydrogens is 242 g/mol. The first-order valence-corrected chi connectivity index (χ1v) is 6.86. The predicted octanol–water partition coefficient (Wildman–Crippen LogP) is 3.12. The Bertz CT molecular complexity index is 429. The number of aromatic nitrogens is 1. The molecule has 1 aromatic heterocycles. The fourth-order valence-corrected chi connectivity index (χ4v) is 2.96. The molecule has 0 bridgehead atoms. The van der Waals surface area contributed by atoms with Gasteiger partial charge in [0.25, 0.3) is 0 Å². The average molecular weight is 257 g/mol. The third-order valence-corrected chi connectivity index (χ3v) is 4.22. The number of rotatable bonds is 2. The Labute approximate surface area is 104 Å². The molecule has 5 heteroatoms. The van der Waals surface area contributed by atoms with E-state index in [-0.39, 0.29) is 11.9 Å². The monoisotopic (exact) mass is 257 g/mol. The van der Waals surface area contributed by atoms with Crippen LogP contribution in [0.2, 0.25) is 0 Å². The number of aryl methyl sites for hydroxylation is 1. The van der Waals surface area contributed by atoms with Crippen LogP contribution in [-0.4, -0.2) is 10.7 Å². The van der Waals surface area contributed by atoms with E-state index in [2.05, 4.69) is 0 Å². The highest BCUT2D eigenvalue weighted by molar-refractivity contribution is 7.73. The minimum Gasteiger partial charge on any atom is -0.334 e. The third kappa shape index (κ3) is 2.52. The van der Waals surface area contributed by atoms with Crippen molar-refractivity contribution in [3.8, 4) is 0 Å². The minimum absolute atomic E-state index is 0.0648. The van der Waals surface area contributed by atoms with Gasteiger partial charge >= 0.3 is 5.97 Å². The molecule has 2 rings (SSSR count). The first-order chi connectivity index (χ1) is 7.68. The summed E-state index contributed by atoms with van der Waals surface area (Å²) in [6.07, 6.45) is 5.41. The van der Waals surface area contributed by atoms with Crippen molar-refractivity contribution in [2.45, 2.75) is 39.0 Å². The van der Waals surface area contributed by atoms with Crippen LogP contribution in [-0.2, 0) is 4.79 Å². The van der Waals surface area contributed by atoms with Gasteiger partial charge in [-0.15, -0.1) is 11.3 Å². The summed E-state index contributed by atoms with van der Waals surface area (Å²) < 4.78 is 2.07. The summed E-state index contributed by atoms with van der Waals surface area (Å²) >= 11 is 6.52. The zero-order valence-electron chi connectivity index (χ0n) is 9.27. The van der Waals surface area contributed by atoms with Gasteiger partial charge in [-0.25, -0.2) is 4.79 Å². The number of carbonyl (C=O) groups excluding carboxylic acids is 1. The van der Waals surface area contributed by atoms with Gasteiger partial charge in [-0.05, 0) is 32.0 Å². The summed E-state index contributed by atoms with van der Waals surface area (Å²) in [7, 11) is 0. The quantitative estimate of drug-likeness (QED) is 0.763. The van der Waals surface area contributed by atoms with Crippen LogP contribution in [0.25, 0.3) is 0 Å². The first-order valence-electron chi connectivity index (χ1n) is 5.58. The van der Waals surface area contributed by atoms with Gasteiger partial charge in [0.05, 0.1) is 11.6 Å². The van der Waals surface area contributed by atoms with E-state index < -0.39 is 0 Å². The van der Waals surface area contributed by atoms with Crippen LogP contribution in [0.4, 0.5) is 0 Å². The molecule has 1 aliphatic carbocycles. The molecule has 0 saturated heterocycles. The van der Waals surface area contributed by atoms with Gasteiger partial charge in [0, 0.05) is 5.38 Å². The normalized spacial score (nSPS) is 17.3. The number of hydrogen-bond donors (Lipinski definition) is 0. The van der Waals surface area contributed by atoms with E-state index in [4.69, 9.17) is 17.1 Å². The Morgan fingerprint density at radius 2 is 2.19 bits per heavy atom. The summed E-state index contributed by atoms with van der Waals surface area (Å²) in [6.45, 7) is 1.89. The molecule has 0 aliphatic heterocycles. The van der Waals surface area contributed by atoms with Crippen LogP contribution in [0.3, 0.4) is 0 Å². The molecule has 1 aromatic rings. The molecule has 0 aromatic carbocycles. The van der Waals surface area contributed by atoms with E-state index in [1.807, 2.05) is 12.3 Å². The molecule has 16 heavy (non-hydrogen) atoms. The van der Waals surface area contributed by atoms with Crippen molar-refractivity contribution in [1.29, 1.82) is 0 Å². The van der Waals surface area contributed by atoms with Crippen molar-refractivity contribution in [1.82, 2.24) is 4.73 Å². The number of nitrogens with zero attached hydrogens (tertiary/aromatic N) is 1. The molecule has 1 fully saturated rings. The molecule has 0 radical (unpaired) electrons. The maximum atomic E-state index is 11.9. The van der Waals surface area contributed by atoms with Gasteiger partial charge in [-0.3, -0.25) is 0 Å². The number of carbonyl (C=O) groups is 1. The fraction of sp³-hybridized carbons (Fsp3) is 0.636. The Hall–Kier alpha value is -0.680. The molecule has 0 unspecified atom stereocenters. The van der Waals surface area contributed by atoms with Gasteiger partial charge in [0.1, 0.15) is 0 Å². The Kier molecular flexibility index (Phi) is 3.76. The van der Waals surface area contributed by atoms with Gasteiger partial charge < -0.3 is 4.84 Å². The lowest BCUT2D eigenvalue weighted by atomic mass is 9.89. The maximum absolute atomic E-state index is 11.9. The highest BCUT2D eigenvalue weighted by Crippen LogP contribution is 2.24. The molecule has 3 nitrogen and oxygen atoms in total. The van der Waals surface area contributed by atoms with Crippen LogP contribution in [0, 0.1) is 16.8 Å². The molecular formula is C11H15NO2S2. The van der Waals surface area contributed by atoms with Gasteiger partial charge in [-0.2, -0.15) is 4.73 Å².